The Morgan fingerprint density at radius 1 is 1.61 bits per heavy atom. The molecule has 1 atom stereocenters. The first-order valence-corrected chi connectivity index (χ1v) is 5.99. The van der Waals surface area contributed by atoms with Crippen LogP contribution in [0.1, 0.15) is 18.5 Å². The highest BCUT2D eigenvalue weighted by molar-refractivity contribution is 6.28. The van der Waals surface area contributed by atoms with Crippen molar-refractivity contribution in [3.63, 3.8) is 0 Å². The van der Waals surface area contributed by atoms with Crippen LogP contribution < -0.4 is 5.32 Å². The van der Waals surface area contributed by atoms with E-state index in [1.165, 1.54) is 6.92 Å². The average molecular weight is 273 g/mol. The minimum atomic E-state index is -0.510. The van der Waals surface area contributed by atoms with Crippen molar-refractivity contribution in [3.05, 3.63) is 21.1 Å². The SMILES string of the molecule is Cc1nc(Cl)nc(NC[C@H]2CCCO2)c1[N+](=O)[O-]. The van der Waals surface area contributed by atoms with E-state index >= 15 is 0 Å². The molecular formula is C10H13ClN4O3. The first kappa shape index (κ1) is 13.0. The van der Waals surface area contributed by atoms with Crippen LogP contribution >= 0.6 is 11.6 Å². The molecule has 0 aliphatic carbocycles. The first-order valence-electron chi connectivity index (χ1n) is 5.62. The normalized spacial score (nSPS) is 18.9. The maximum atomic E-state index is 11.0. The molecule has 7 nitrogen and oxygen atoms in total. The van der Waals surface area contributed by atoms with Crippen LogP contribution in [0.15, 0.2) is 0 Å². The summed E-state index contributed by atoms with van der Waals surface area (Å²) in [5.41, 5.74) is 0.104. The molecule has 1 aliphatic rings. The van der Waals surface area contributed by atoms with Gasteiger partial charge in [0.15, 0.2) is 0 Å². The van der Waals surface area contributed by atoms with Gasteiger partial charge in [-0.3, -0.25) is 10.1 Å². The highest BCUT2D eigenvalue weighted by Gasteiger charge is 2.23. The zero-order valence-corrected chi connectivity index (χ0v) is 10.6. The Labute approximate surface area is 109 Å². The number of nitrogens with zero attached hydrogens (tertiary/aromatic N) is 3. The lowest BCUT2D eigenvalue weighted by Gasteiger charge is -2.11. The summed E-state index contributed by atoms with van der Waals surface area (Å²) >= 11 is 5.71. The summed E-state index contributed by atoms with van der Waals surface area (Å²) in [4.78, 5) is 18.1. The molecule has 0 unspecified atom stereocenters. The van der Waals surface area contributed by atoms with Crippen LogP contribution in [0.25, 0.3) is 0 Å². The van der Waals surface area contributed by atoms with Crippen molar-refractivity contribution in [1.82, 2.24) is 9.97 Å². The largest absolute Gasteiger partial charge is 0.376 e. The smallest absolute Gasteiger partial charge is 0.332 e. The summed E-state index contributed by atoms with van der Waals surface area (Å²) in [7, 11) is 0. The van der Waals surface area contributed by atoms with Crippen molar-refractivity contribution in [2.75, 3.05) is 18.5 Å². The summed E-state index contributed by atoms with van der Waals surface area (Å²) in [5, 5.41) is 13.9. The van der Waals surface area contributed by atoms with E-state index in [9.17, 15) is 10.1 Å². The van der Waals surface area contributed by atoms with Crippen molar-refractivity contribution in [1.29, 1.82) is 0 Å². The number of nitro groups is 1. The number of hydrogen-bond donors (Lipinski definition) is 1. The fourth-order valence-corrected chi connectivity index (χ4v) is 2.10. The molecule has 1 aromatic rings. The second-order valence-electron chi connectivity index (χ2n) is 4.05. The summed E-state index contributed by atoms with van der Waals surface area (Å²) < 4.78 is 5.43. The second kappa shape index (κ2) is 5.45. The number of aryl methyl sites for hydroxylation is 1. The van der Waals surface area contributed by atoms with Crippen molar-refractivity contribution < 1.29 is 9.66 Å². The van der Waals surface area contributed by atoms with Crippen LogP contribution in [0.4, 0.5) is 11.5 Å². The maximum absolute atomic E-state index is 11.0. The standard InChI is InChI=1S/C10H13ClN4O3/c1-6-8(15(16)17)9(14-10(11)13-6)12-5-7-3-2-4-18-7/h7H,2-5H2,1H3,(H,12,13,14)/t7-/m1/s1. The number of ether oxygens (including phenoxy) is 1. The number of nitrogens with one attached hydrogen (secondary N) is 1. The maximum Gasteiger partial charge on any atom is 0.332 e. The van der Waals surface area contributed by atoms with Crippen LogP contribution in [-0.4, -0.2) is 34.1 Å². The second-order valence-corrected chi connectivity index (χ2v) is 4.39. The van der Waals surface area contributed by atoms with E-state index in [4.69, 9.17) is 16.3 Å². The number of hydrogen-bond acceptors (Lipinski definition) is 6. The van der Waals surface area contributed by atoms with Crippen LogP contribution in [0.2, 0.25) is 5.28 Å². The van der Waals surface area contributed by atoms with Gasteiger partial charge in [-0.2, -0.15) is 4.98 Å². The Morgan fingerprint density at radius 2 is 2.39 bits per heavy atom. The molecule has 0 aromatic carbocycles. The van der Waals surface area contributed by atoms with Crippen LogP contribution in [0.5, 0.6) is 0 Å². The van der Waals surface area contributed by atoms with Crippen molar-refractivity contribution in [2.45, 2.75) is 25.9 Å². The van der Waals surface area contributed by atoms with Gasteiger partial charge >= 0.3 is 5.69 Å². The first-order chi connectivity index (χ1) is 8.58. The van der Waals surface area contributed by atoms with E-state index in [2.05, 4.69) is 15.3 Å². The topological polar surface area (TPSA) is 90.2 Å². The lowest BCUT2D eigenvalue weighted by molar-refractivity contribution is -0.385. The van der Waals surface area contributed by atoms with Gasteiger partial charge in [0.1, 0.15) is 5.69 Å². The quantitative estimate of drug-likeness (QED) is 0.512. The Hall–Kier alpha value is -1.47. The van der Waals surface area contributed by atoms with Gasteiger partial charge in [-0.15, -0.1) is 0 Å². The third-order valence-corrected chi connectivity index (χ3v) is 2.90. The Balaban J connectivity index is 2.16. The fourth-order valence-electron chi connectivity index (χ4n) is 1.89. The lowest BCUT2D eigenvalue weighted by Crippen LogP contribution is -2.20. The van der Waals surface area contributed by atoms with E-state index < -0.39 is 4.92 Å². The van der Waals surface area contributed by atoms with E-state index in [0.717, 1.165) is 19.4 Å². The molecule has 0 spiro atoms. The van der Waals surface area contributed by atoms with Crippen molar-refractivity contribution in [3.8, 4) is 0 Å². The molecule has 1 N–H and O–H groups in total. The zero-order chi connectivity index (χ0) is 13.1. The predicted molar refractivity (Wildman–Crippen MR) is 65.9 cm³/mol. The molecule has 1 aliphatic heterocycles. The molecule has 1 saturated heterocycles. The number of halogens is 1. The Kier molecular flexibility index (Phi) is 3.93. The Morgan fingerprint density at radius 3 is 3.00 bits per heavy atom. The van der Waals surface area contributed by atoms with Gasteiger partial charge in [-0.25, -0.2) is 4.98 Å². The molecule has 1 aromatic heterocycles. The summed E-state index contributed by atoms with van der Waals surface area (Å²) in [6.45, 7) is 2.74. The van der Waals surface area contributed by atoms with E-state index in [0.29, 0.717) is 6.54 Å². The minimum Gasteiger partial charge on any atom is -0.376 e. The molecule has 8 heteroatoms. The molecule has 2 rings (SSSR count). The van der Waals surface area contributed by atoms with Gasteiger partial charge in [0.05, 0.1) is 11.0 Å². The van der Waals surface area contributed by atoms with Crippen LogP contribution in [0.3, 0.4) is 0 Å². The summed E-state index contributed by atoms with van der Waals surface area (Å²) in [6, 6.07) is 0. The highest BCUT2D eigenvalue weighted by Crippen LogP contribution is 2.26. The van der Waals surface area contributed by atoms with Gasteiger partial charge in [0.25, 0.3) is 0 Å². The molecule has 2 heterocycles. The summed E-state index contributed by atoms with van der Waals surface area (Å²) in [5.74, 6) is 0.146. The monoisotopic (exact) mass is 272 g/mol. The van der Waals surface area contributed by atoms with Gasteiger partial charge in [0.2, 0.25) is 11.1 Å². The van der Waals surface area contributed by atoms with E-state index in [1.54, 1.807) is 0 Å². The van der Waals surface area contributed by atoms with Crippen LogP contribution in [0, 0.1) is 17.0 Å². The minimum absolute atomic E-state index is 0.00654. The van der Waals surface area contributed by atoms with Gasteiger partial charge < -0.3 is 10.1 Å². The molecule has 0 radical (unpaired) electrons. The van der Waals surface area contributed by atoms with E-state index in [-0.39, 0.29) is 28.6 Å². The molecule has 18 heavy (non-hydrogen) atoms. The average Bonchev–Trinajstić information content (AvgIpc) is 2.77. The molecule has 0 saturated carbocycles. The number of aromatic nitrogens is 2. The zero-order valence-electron chi connectivity index (χ0n) is 9.85. The van der Waals surface area contributed by atoms with Gasteiger partial charge in [-0.1, -0.05) is 0 Å². The van der Waals surface area contributed by atoms with Crippen molar-refractivity contribution >= 4 is 23.1 Å². The van der Waals surface area contributed by atoms with Gasteiger partial charge in [0, 0.05) is 13.2 Å². The van der Waals surface area contributed by atoms with Crippen LogP contribution in [-0.2, 0) is 4.74 Å². The molecule has 0 bridgehead atoms. The molecular weight excluding hydrogens is 260 g/mol. The lowest BCUT2D eigenvalue weighted by atomic mass is 10.2. The molecule has 0 amide bonds. The fraction of sp³-hybridized carbons (Fsp3) is 0.600. The molecule has 98 valence electrons. The van der Waals surface area contributed by atoms with Gasteiger partial charge in [-0.05, 0) is 31.4 Å². The third-order valence-electron chi connectivity index (χ3n) is 2.73. The highest BCUT2D eigenvalue weighted by atomic mass is 35.5. The predicted octanol–water partition coefficient (Wildman–Crippen LogP) is 1.94. The molecule has 1 fully saturated rings. The summed E-state index contributed by atoms with van der Waals surface area (Å²) in [6.07, 6.45) is 2.02. The van der Waals surface area contributed by atoms with E-state index in [1.807, 2.05) is 0 Å². The number of anilines is 1. The third kappa shape index (κ3) is 2.85. The Bertz CT molecular complexity index is 463. The van der Waals surface area contributed by atoms with Crippen molar-refractivity contribution in [2.24, 2.45) is 0 Å². The number of rotatable bonds is 4.